The summed E-state index contributed by atoms with van der Waals surface area (Å²) in [5, 5.41) is 5.82. The van der Waals surface area contributed by atoms with Gasteiger partial charge < -0.3 is 5.32 Å². The molecule has 4 aromatic rings. The lowest BCUT2D eigenvalue weighted by atomic mass is 10.1. The van der Waals surface area contributed by atoms with Gasteiger partial charge in [-0.05, 0) is 37.5 Å². The first-order valence-corrected chi connectivity index (χ1v) is 8.83. The van der Waals surface area contributed by atoms with E-state index in [4.69, 9.17) is 0 Å². The van der Waals surface area contributed by atoms with E-state index in [1.165, 1.54) is 21.4 Å². The van der Waals surface area contributed by atoms with Crippen LogP contribution in [0.3, 0.4) is 0 Å². The van der Waals surface area contributed by atoms with Crippen LogP contribution >= 0.6 is 11.3 Å². The normalized spacial score (nSPS) is 11.2. The third-order valence-electron chi connectivity index (χ3n) is 4.37. The Balaban J connectivity index is 1.58. The van der Waals surface area contributed by atoms with Crippen LogP contribution in [0.2, 0.25) is 0 Å². The zero-order valence-corrected chi connectivity index (χ0v) is 14.5. The third kappa shape index (κ3) is 2.61. The van der Waals surface area contributed by atoms with Gasteiger partial charge in [0.15, 0.2) is 0 Å². The van der Waals surface area contributed by atoms with Gasteiger partial charge >= 0.3 is 0 Å². The van der Waals surface area contributed by atoms with Crippen LogP contribution in [0.5, 0.6) is 0 Å². The predicted octanol–water partition coefficient (Wildman–Crippen LogP) is 4.51. The zero-order valence-electron chi connectivity index (χ0n) is 13.7. The Hall–Kier alpha value is -2.53. The number of aromatic nitrogens is 3. The van der Waals surface area contributed by atoms with Gasteiger partial charge in [0.05, 0.1) is 10.9 Å². The molecule has 1 aromatic carbocycles. The van der Waals surface area contributed by atoms with E-state index in [9.17, 15) is 0 Å². The summed E-state index contributed by atoms with van der Waals surface area (Å²) in [5.74, 6) is 0.926. The van der Waals surface area contributed by atoms with Gasteiger partial charge in [-0.25, -0.2) is 9.97 Å². The number of thiophene rings is 1. The van der Waals surface area contributed by atoms with Crippen molar-refractivity contribution < 1.29 is 0 Å². The Kier molecular flexibility index (Phi) is 3.86. The number of pyridine rings is 1. The molecule has 0 aliphatic heterocycles. The molecule has 0 bridgehead atoms. The van der Waals surface area contributed by atoms with E-state index in [-0.39, 0.29) is 0 Å². The molecule has 4 rings (SSSR count). The van der Waals surface area contributed by atoms with Crippen LogP contribution in [0.25, 0.3) is 21.1 Å². The lowest BCUT2D eigenvalue weighted by Crippen LogP contribution is -2.07. The van der Waals surface area contributed by atoms with Crippen LogP contribution in [-0.2, 0) is 6.42 Å². The number of anilines is 1. The molecule has 5 heteroatoms. The molecule has 0 amide bonds. The fourth-order valence-electron chi connectivity index (χ4n) is 3.00. The van der Waals surface area contributed by atoms with Crippen LogP contribution in [0, 0.1) is 13.8 Å². The van der Waals surface area contributed by atoms with Gasteiger partial charge in [0, 0.05) is 23.0 Å². The molecule has 0 aliphatic carbocycles. The molecular weight excluding hydrogens is 316 g/mol. The molecule has 0 fully saturated rings. The highest BCUT2D eigenvalue weighted by Gasteiger charge is 2.11. The predicted molar refractivity (Wildman–Crippen MR) is 101 cm³/mol. The number of nitrogens with one attached hydrogen (secondary N) is 1. The summed E-state index contributed by atoms with van der Waals surface area (Å²) < 4.78 is 0. The first-order valence-electron chi connectivity index (χ1n) is 8.01. The SMILES string of the molecule is Cc1sc2ncnc(NCCc3cccc4cccnc34)c2c1C. The summed E-state index contributed by atoms with van der Waals surface area (Å²) in [4.78, 5) is 15.7. The topological polar surface area (TPSA) is 50.7 Å². The zero-order chi connectivity index (χ0) is 16.5. The summed E-state index contributed by atoms with van der Waals surface area (Å²) in [7, 11) is 0. The molecule has 24 heavy (non-hydrogen) atoms. The third-order valence-corrected chi connectivity index (χ3v) is 5.48. The number of hydrogen-bond donors (Lipinski definition) is 1. The van der Waals surface area contributed by atoms with Crippen LogP contribution < -0.4 is 5.32 Å². The van der Waals surface area contributed by atoms with Crippen molar-refractivity contribution in [2.75, 3.05) is 11.9 Å². The van der Waals surface area contributed by atoms with Gasteiger partial charge in [0.25, 0.3) is 0 Å². The number of aryl methyl sites for hydroxylation is 2. The average molecular weight is 334 g/mol. The van der Waals surface area contributed by atoms with Crippen molar-refractivity contribution in [3.63, 3.8) is 0 Å². The molecule has 0 unspecified atom stereocenters. The molecule has 0 atom stereocenters. The van der Waals surface area contributed by atoms with E-state index in [2.05, 4.69) is 58.4 Å². The van der Waals surface area contributed by atoms with Crippen molar-refractivity contribution in [1.82, 2.24) is 15.0 Å². The van der Waals surface area contributed by atoms with Crippen molar-refractivity contribution in [3.8, 4) is 0 Å². The minimum absolute atomic E-state index is 0.816. The summed E-state index contributed by atoms with van der Waals surface area (Å²) in [6.07, 6.45) is 4.40. The van der Waals surface area contributed by atoms with Crippen LogP contribution in [0.4, 0.5) is 5.82 Å². The second-order valence-corrected chi connectivity index (χ2v) is 7.06. The van der Waals surface area contributed by atoms with Crippen LogP contribution in [-0.4, -0.2) is 21.5 Å². The van der Waals surface area contributed by atoms with E-state index in [0.717, 1.165) is 34.5 Å². The monoisotopic (exact) mass is 334 g/mol. The quantitative estimate of drug-likeness (QED) is 0.596. The van der Waals surface area contributed by atoms with Gasteiger partial charge in [0.1, 0.15) is 17.0 Å². The molecule has 0 aliphatic rings. The van der Waals surface area contributed by atoms with Gasteiger partial charge in [-0.2, -0.15) is 0 Å². The number of benzene rings is 1. The molecule has 120 valence electrons. The molecular formula is C19H18N4S. The number of nitrogens with zero attached hydrogens (tertiary/aromatic N) is 3. The van der Waals surface area contributed by atoms with Gasteiger partial charge in [0.2, 0.25) is 0 Å². The number of rotatable bonds is 4. The Labute approximate surface area is 144 Å². The lowest BCUT2D eigenvalue weighted by molar-refractivity contribution is 1.01. The number of para-hydroxylation sites is 1. The lowest BCUT2D eigenvalue weighted by Gasteiger charge is -2.09. The van der Waals surface area contributed by atoms with E-state index in [1.807, 2.05) is 12.3 Å². The Bertz CT molecular complexity index is 1020. The maximum atomic E-state index is 4.52. The van der Waals surface area contributed by atoms with E-state index >= 15 is 0 Å². The fraction of sp³-hybridized carbons (Fsp3) is 0.211. The van der Waals surface area contributed by atoms with Gasteiger partial charge in [-0.1, -0.05) is 24.3 Å². The molecule has 0 spiro atoms. The number of fused-ring (bicyclic) bond motifs is 2. The summed E-state index contributed by atoms with van der Waals surface area (Å²) in [5.41, 5.74) is 3.60. The molecule has 1 N–H and O–H groups in total. The minimum atomic E-state index is 0.816. The number of hydrogen-bond acceptors (Lipinski definition) is 5. The summed E-state index contributed by atoms with van der Waals surface area (Å²) in [6, 6.07) is 10.4. The smallest absolute Gasteiger partial charge is 0.138 e. The first kappa shape index (κ1) is 15.0. The van der Waals surface area contributed by atoms with Crippen molar-refractivity contribution >= 4 is 38.3 Å². The van der Waals surface area contributed by atoms with E-state index < -0.39 is 0 Å². The van der Waals surface area contributed by atoms with E-state index in [0.29, 0.717) is 0 Å². The van der Waals surface area contributed by atoms with Gasteiger partial charge in [-0.3, -0.25) is 4.98 Å². The standard InChI is InChI=1S/C19H18N4S/c1-12-13(2)24-19-16(12)18(22-11-23-19)21-10-8-15-6-3-5-14-7-4-9-20-17(14)15/h3-7,9,11H,8,10H2,1-2H3,(H,21,22,23). The fourth-order valence-corrected chi connectivity index (χ4v) is 4.00. The Morgan fingerprint density at radius 3 is 2.83 bits per heavy atom. The molecule has 4 nitrogen and oxygen atoms in total. The van der Waals surface area contributed by atoms with Crippen LogP contribution in [0.1, 0.15) is 16.0 Å². The molecule has 3 aromatic heterocycles. The van der Waals surface area contributed by atoms with Crippen LogP contribution in [0.15, 0.2) is 42.9 Å². The largest absolute Gasteiger partial charge is 0.369 e. The second kappa shape index (κ2) is 6.17. The highest BCUT2D eigenvalue weighted by molar-refractivity contribution is 7.18. The van der Waals surface area contributed by atoms with Crippen molar-refractivity contribution in [1.29, 1.82) is 0 Å². The molecule has 0 radical (unpaired) electrons. The minimum Gasteiger partial charge on any atom is -0.369 e. The maximum absolute atomic E-state index is 4.52. The molecule has 0 saturated heterocycles. The summed E-state index contributed by atoms with van der Waals surface area (Å²) >= 11 is 1.72. The molecule has 0 saturated carbocycles. The average Bonchev–Trinajstić information content (AvgIpc) is 2.90. The van der Waals surface area contributed by atoms with Crippen molar-refractivity contribution in [2.24, 2.45) is 0 Å². The maximum Gasteiger partial charge on any atom is 0.138 e. The van der Waals surface area contributed by atoms with Crippen molar-refractivity contribution in [2.45, 2.75) is 20.3 Å². The molecule has 3 heterocycles. The summed E-state index contributed by atoms with van der Waals surface area (Å²) in [6.45, 7) is 5.08. The van der Waals surface area contributed by atoms with Gasteiger partial charge in [-0.15, -0.1) is 11.3 Å². The Morgan fingerprint density at radius 2 is 1.92 bits per heavy atom. The van der Waals surface area contributed by atoms with Crippen molar-refractivity contribution in [3.05, 3.63) is 58.9 Å². The highest BCUT2D eigenvalue weighted by atomic mass is 32.1. The highest BCUT2D eigenvalue weighted by Crippen LogP contribution is 2.32. The van der Waals surface area contributed by atoms with E-state index in [1.54, 1.807) is 17.7 Å². The second-order valence-electron chi connectivity index (χ2n) is 5.85. The first-order chi connectivity index (χ1) is 11.7. The Morgan fingerprint density at radius 1 is 1.04 bits per heavy atom.